The summed E-state index contributed by atoms with van der Waals surface area (Å²) in [4.78, 5) is 14.1. The third kappa shape index (κ3) is 4.87. The summed E-state index contributed by atoms with van der Waals surface area (Å²) in [6.45, 7) is 4.55. The summed E-state index contributed by atoms with van der Waals surface area (Å²) in [6, 6.07) is 8.03. The van der Waals surface area contributed by atoms with Gasteiger partial charge in [-0.15, -0.1) is 0 Å². The van der Waals surface area contributed by atoms with Crippen molar-refractivity contribution in [2.75, 3.05) is 19.7 Å². The Kier molecular flexibility index (Phi) is 5.90. The number of carbonyl (C=O) groups is 1. The first-order valence-corrected chi connectivity index (χ1v) is 7.73. The molecule has 1 amide bonds. The van der Waals surface area contributed by atoms with Crippen molar-refractivity contribution in [2.24, 2.45) is 0 Å². The summed E-state index contributed by atoms with van der Waals surface area (Å²) in [7, 11) is 0. The molecule has 1 aromatic carbocycles. The van der Waals surface area contributed by atoms with Gasteiger partial charge in [-0.1, -0.05) is 25.0 Å². The molecule has 20 heavy (non-hydrogen) atoms. The molecule has 3 heteroatoms. The highest BCUT2D eigenvalue weighted by atomic mass is 16.5. The predicted molar refractivity (Wildman–Crippen MR) is 81.0 cm³/mol. The van der Waals surface area contributed by atoms with Gasteiger partial charge in [0.2, 0.25) is 5.91 Å². The molecule has 3 nitrogen and oxygen atoms in total. The number of nitrogens with zero attached hydrogens (tertiary/aromatic N) is 1. The van der Waals surface area contributed by atoms with Crippen molar-refractivity contribution in [3.63, 3.8) is 0 Å². The number of aryl methyl sites for hydroxylation is 1. The number of ether oxygens (including phenoxy) is 1. The van der Waals surface area contributed by atoms with E-state index in [0.717, 1.165) is 38.1 Å². The van der Waals surface area contributed by atoms with Crippen LogP contribution in [-0.4, -0.2) is 30.5 Å². The van der Waals surface area contributed by atoms with Gasteiger partial charge in [0.1, 0.15) is 5.75 Å². The number of carbonyl (C=O) groups excluding carboxylic acids is 1. The summed E-state index contributed by atoms with van der Waals surface area (Å²) in [5.74, 6) is 1.19. The molecule has 1 aliphatic rings. The SMILES string of the molecule is Cc1cccc(OCCCC(=O)N2CCCCCC2)c1. The van der Waals surface area contributed by atoms with E-state index < -0.39 is 0 Å². The van der Waals surface area contributed by atoms with Crippen LogP contribution in [0.2, 0.25) is 0 Å². The molecule has 0 unspecified atom stereocenters. The van der Waals surface area contributed by atoms with Crippen LogP contribution in [0.1, 0.15) is 44.1 Å². The van der Waals surface area contributed by atoms with Crippen LogP contribution in [0, 0.1) is 6.92 Å². The number of likely N-dealkylation sites (tertiary alicyclic amines) is 1. The van der Waals surface area contributed by atoms with Gasteiger partial charge in [0.15, 0.2) is 0 Å². The van der Waals surface area contributed by atoms with Crippen LogP contribution >= 0.6 is 0 Å². The van der Waals surface area contributed by atoms with Crippen LogP contribution in [0.3, 0.4) is 0 Å². The zero-order valence-electron chi connectivity index (χ0n) is 12.4. The van der Waals surface area contributed by atoms with Crippen LogP contribution in [0.25, 0.3) is 0 Å². The minimum absolute atomic E-state index is 0.291. The molecule has 0 saturated carbocycles. The van der Waals surface area contributed by atoms with Crippen molar-refractivity contribution in [1.29, 1.82) is 0 Å². The highest BCUT2D eigenvalue weighted by molar-refractivity contribution is 5.76. The average molecular weight is 275 g/mol. The van der Waals surface area contributed by atoms with Gasteiger partial charge in [-0.3, -0.25) is 4.79 Å². The Hall–Kier alpha value is -1.51. The van der Waals surface area contributed by atoms with E-state index in [2.05, 4.69) is 13.0 Å². The summed E-state index contributed by atoms with van der Waals surface area (Å²) in [5.41, 5.74) is 1.20. The smallest absolute Gasteiger partial charge is 0.222 e. The fraction of sp³-hybridized carbons (Fsp3) is 0.588. The first-order valence-electron chi connectivity index (χ1n) is 7.73. The average Bonchev–Trinajstić information content (AvgIpc) is 2.72. The van der Waals surface area contributed by atoms with E-state index in [4.69, 9.17) is 4.74 Å². The number of amides is 1. The van der Waals surface area contributed by atoms with Crippen LogP contribution < -0.4 is 4.74 Å². The summed E-state index contributed by atoms with van der Waals surface area (Å²) in [6.07, 6.45) is 6.24. The molecule has 1 saturated heterocycles. The van der Waals surface area contributed by atoms with Crippen molar-refractivity contribution in [2.45, 2.75) is 45.4 Å². The molecule has 1 fully saturated rings. The summed E-state index contributed by atoms with van der Waals surface area (Å²) < 4.78 is 5.68. The largest absolute Gasteiger partial charge is 0.494 e. The number of hydrogen-bond acceptors (Lipinski definition) is 2. The van der Waals surface area contributed by atoms with Crippen molar-refractivity contribution in [1.82, 2.24) is 4.90 Å². The van der Waals surface area contributed by atoms with Gasteiger partial charge in [0, 0.05) is 19.5 Å². The summed E-state index contributed by atoms with van der Waals surface area (Å²) in [5, 5.41) is 0. The maximum atomic E-state index is 12.1. The van der Waals surface area contributed by atoms with E-state index in [9.17, 15) is 4.79 Å². The van der Waals surface area contributed by atoms with Crippen LogP contribution in [0.15, 0.2) is 24.3 Å². The molecule has 1 heterocycles. The van der Waals surface area contributed by atoms with Crippen molar-refractivity contribution in [3.8, 4) is 5.75 Å². The normalized spacial score (nSPS) is 15.8. The van der Waals surface area contributed by atoms with Gasteiger partial charge in [0.05, 0.1) is 6.61 Å². The lowest BCUT2D eigenvalue weighted by atomic mass is 10.2. The topological polar surface area (TPSA) is 29.5 Å². The summed E-state index contributed by atoms with van der Waals surface area (Å²) >= 11 is 0. The van der Waals surface area contributed by atoms with Crippen molar-refractivity contribution < 1.29 is 9.53 Å². The van der Waals surface area contributed by atoms with E-state index in [1.807, 2.05) is 23.1 Å². The molecule has 0 spiro atoms. The highest BCUT2D eigenvalue weighted by Crippen LogP contribution is 2.14. The quantitative estimate of drug-likeness (QED) is 0.769. The Morgan fingerprint density at radius 1 is 1.20 bits per heavy atom. The zero-order chi connectivity index (χ0) is 14.2. The standard InChI is InChI=1S/C17H25NO2/c1-15-8-6-9-16(14-15)20-13-7-10-17(19)18-11-4-2-3-5-12-18/h6,8-9,14H,2-5,7,10-13H2,1H3. The second kappa shape index (κ2) is 7.93. The van der Waals surface area contributed by atoms with E-state index in [0.29, 0.717) is 18.9 Å². The molecule has 110 valence electrons. The maximum absolute atomic E-state index is 12.1. The van der Waals surface area contributed by atoms with Gasteiger partial charge < -0.3 is 9.64 Å². The maximum Gasteiger partial charge on any atom is 0.222 e. The number of benzene rings is 1. The minimum Gasteiger partial charge on any atom is -0.494 e. The van der Waals surface area contributed by atoms with Crippen molar-refractivity contribution >= 4 is 5.91 Å². The van der Waals surface area contributed by atoms with E-state index in [1.54, 1.807) is 0 Å². The van der Waals surface area contributed by atoms with Crippen LogP contribution in [-0.2, 0) is 4.79 Å². The van der Waals surface area contributed by atoms with Gasteiger partial charge in [-0.05, 0) is 43.9 Å². The highest BCUT2D eigenvalue weighted by Gasteiger charge is 2.14. The Morgan fingerprint density at radius 3 is 2.65 bits per heavy atom. The second-order valence-electron chi connectivity index (χ2n) is 5.56. The van der Waals surface area contributed by atoms with Crippen LogP contribution in [0.4, 0.5) is 0 Å². The first-order chi connectivity index (χ1) is 9.75. The molecular formula is C17H25NO2. The van der Waals surface area contributed by atoms with Crippen LogP contribution in [0.5, 0.6) is 5.75 Å². The molecule has 0 aliphatic carbocycles. The van der Waals surface area contributed by atoms with Gasteiger partial charge in [-0.25, -0.2) is 0 Å². The Labute approximate surface area is 121 Å². The van der Waals surface area contributed by atoms with E-state index in [-0.39, 0.29) is 0 Å². The Balaban J connectivity index is 1.66. The fourth-order valence-corrected chi connectivity index (χ4v) is 2.60. The molecule has 0 N–H and O–H groups in total. The third-order valence-corrected chi connectivity index (χ3v) is 3.75. The van der Waals surface area contributed by atoms with Gasteiger partial charge >= 0.3 is 0 Å². The Bertz CT molecular complexity index is 423. The Morgan fingerprint density at radius 2 is 1.95 bits per heavy atom. The molecule has 1 aromatic rings. The molecular weight excluding hydrogens is 250 g/mol. The lowest BCUT2D eigenvalue weighted by molar-refractivity contribution is -0.131. The first kappa shape index (κ1) is 14.9. The van der Waals surface area contributed by atoms with Gasteiger partial charge in [0.25, 0.3) is 0 Å². The van der Waals surface area contributed by atoms with E-state index in [1.165, 1.54) is 18.4 Å². The predicted octanol–water partition coefficient (Wildman–Crippen LogP) is 3.56. The third-order valence-electron chi connectivity index (χ3n) is 3.75. The minimum atomic E-state index is 0.291. The monoisotopic (exact) mass is 275 g/mol. The second-order valence-corrected chi connectivity index (χ2v) is 5.56. The lowest BCUT2D eigenvalue weighted by Gasteiger charge is -2.20. The number of hydrogen-bond donors (Lipinski definition) is 0. The molecule has 0 bridgehead atoms. The van der Waals surface area contributed by atoms with Gasteiger partial charge in [-0.2, -0.15) is 0 Å². The molecule has 2 rings (SSSR count). The molecule has 1 aliphatic heterocycles. The molecule has 0 radical (unpaired) electrons. The zero-order valence-corrected chi connectivity index (χ0v) is 12.4. The fourth-order valence-electron chi connectivity index (χ4n) is 2.60. The number of rotatable bonds is 5. The van der Waals surface area contributed by atoms with Crippen molar-refractivity contribution in [3.05, 3.63) is 29.8 Å². The van der Waals surface area contributed by atoms with E-state index >= 15 is 0 Å². The molecule has 0 aromatic heterocycles. The molecule has 0 atom stereocenters. The lowest BCUT2D eigenvalue weighted by Crippen LogP contribution is -2.31.